The highest BCUT2D eigenvalue weighted by Gasteiger charge is 2.18. The second kappa shape index (κ2) is 8.38. The Labute approximate surface area is 175 Å². The third-order valence-electron chi connectivity index (χ3n) is 4.57. The lowest BCUT2D eigenvalue weighted by atomic mass is 10.1. The summed E-state index contributed by atoms with van der Waals surface area (Å²) in [6, 6.07) is 9.97. The monoisotopic (exact) mass is 427 g/mol. The van der Waals surface area contributed by atoms with Crippen LogP contribution in [0.2, 0.25) is 0 Å². The number of aromatic nitrogens is 4. The molecule has 1 aromatic carbocycles. The molecular weight excluding hydrogens is 406 g/mol. The van der Waals surface area contributed by atoms with Gasteiger partial charge in [-0.2, -0.15) is 0 Å². The van der Waals surface area contributed by atoms with Gasteiger partial charge in [0.05, 0.1) is 11.3 Å². The number of rotatable bonds is 7. The Morgan fingerprint density at radius 3 is 2.76 bits per heavy atom. The largest absolute Gasteiger partial charge is 0.351 e. The van der Waals surface area contributed by atoms with E-state index in [0.29, 0.717) is 28.7 Å². The van der Waals surface area contributed by atoms with Crippen molar-refractivity contribution >= 4 is 45.0 Å². The molecule has 0 aliphatic carbocycles. The quantitative estimate of drug-likeness (QED) is 0.458. The van der Waals surface area contributed by atoms with Gasteiger partial charge in [0.25, 0.3) is 5.56 Å². The number of fused-ring (bicyclic) bond motifs is 3. The van der Waals surface area contributed by atoms with Crippen LogP contribution < -0.4 is 10.9 Å². The van der Waals surface area contributed by atoms with Gasteiger partial charge in [0.2, 0.25) is 11.7 Å². The highest BCUT2D eigenvalue weighted by atomic mass is 32.2. The van der Waals surface area contributed by atoms with Crippen molar-refractivity contribution in [3.05, 3.63) is 57.2 Å². The van der Waals surface area contributed by atoms with Crippen LogP contribution in [0.1, 0.15) is 24.5 Å². The van der Waals surface area contributed by atoms with E-state index < -0.39 is 0 Å². The van der Waals surface area contributed by atoms with Crippen molar-refractivity contribution in [3.63, 3.8) is 0 Å². The number of thioether (sulfide) groups is 1. The van der Waals surface area contributed by atoms with Crippen molar-refractivity contribution in [1.29, 1.82) is 0 Å². The highest BCUT2D eigenvalue weighted by Crippen LogP contribution is 2.24. The molecule has 4 rings (SSSR count). The molecular formula is C20H21N5O2S2. The minimum Gasteiger partial charge on any atom is -0.351 e. The topological polar surface area (TPSA) is 81.3 Å². The average Bonchev–Trinajstić information content (AvgIpc) is 3.36. The molecule has 3 aromatic heterocycles. The fourth-order valence-electron chi connectivity index (χ4n) is 3.11. The Balaban J connectivity index is 1.53. The van der Waals surface area contributed by atoms with E-state index in [2.05, 4.69) is 15.5 Å². The summed E-state index contributed by atoms with van der Waals surface area (Å²) in [5, 5.41) is 13.9. The smallest absolute Gasteiger partial charge is 0.272 e. The van der Waals surface area contributed by atoms with Crippen molar-refractivity contribution in [3.8, 4) is 0 Å². The third-order valence-corrected chi connectivity index (χ3v) is 6.39. The van der Waals surface area contributed by atoms with Gasteiger partial charge in [-0.1, -0.05) is 48.5 Å². The lowest BCUT2D eigenvalue weighted by molar-refractivity contribution is -0.118. The van der Waals surface area contributed by atoms with Gasteiger partial charge in [0, 0.05) is 13.1 Å². The second-order valence-corrected chi connectivity index (χ2v) is 8.62. The molecule has 0 fully saturated rings. The second-order valence-electron chi connectivity index (χ2n) is 6.76. The van der Waals surface area contributed by atoms with E-state index in [1.807, 2.05) is 54.0 Å². The van der Waals surface area contributed by atoms with Crippen LogP contribution >= 0.6 is 23.1 Å². The van der Waals surface area contributed by atoms with Crippen molar-refractivity contribution in [2.24, 2.45) is 0 Å². The predicted molar refractivity (Wildman–Crippen MR) is 117 cm³/mol. The first kappa shape index (κ1) is 19.7. The first-order chi connectivity index (χ1) is 14.1. The predicted octanol–water partition coefficient (Wildman–Crippen LogP) is 3.23. The van der Waals surface area contributed by atoms with E-state index in [-0.39, 0.29) is 17.2 Å². The number of carbonyl (C=O) groups is 1. The number of thiophene rings is 1. The van der Waals surface area contributed by atoms with Gasteiger partial charge >= 0.3 is 0 Å². The SMILES string of the molecule is CCCn1c(=O)c2sccc2n2c(SCC(=O)NCc3ccc(C)cc3)nnc12. The van der Waals surface area contributed by atoms with Crippen LogP contribution in [-0.2, 0) is 17.9 Å². The minimum absolute atomic E-state index is 0.0378. The molecule has 0 bridgehead atoms. The summed E-state index contributed by atoms with van der Waals surface area (Å²) in [5.41, 5.74) is 3.00. The molecule has 0 saturated carbocycles. The fourth-order valence-corrected chi connectivity index (χ4v) is 4.70. The van der Waals surface area contributed by atoms with Crippen molar-refractivity contribution in [2.45, 2.75) is 38.5 Å². The molecule has 0 aliphatic rings. The molecule has 4 aromatic rings. The first-order valence-electron chi connectivity index (χ1n) is 9.38. The summed E-state index contributed by atoms with van der Waals surface area (Å²) in [7, 11) is 0. The van der Waals surface area contributed by atoms with Gasteiger partial charge < -0.3 is 5.32 Å². The van der Waals surface area contributed by atoms with Crippen LogP contribution in [0.4, 0.5) is 0 Å². The number of carbonyl (C=O) groups excluding carboxylic acids is 1. The van der Waals surface area contributed by atoms with Gasteiger partial charge in [0.1, 0.15) is 4.70 Å². The molecule has 9 heteroatoms. The van der Waals surface area contributed by atoms with Crippen molar-refractivity contribution < 1.29 is 4.79 Å². The first-order valence-corrected chi connectivity index (χ1v) is 11.2. The van der Waals surface area contributed by atoms with E-state index in [9.17, 15) is 9.59 Å². The Morgan fingerprint density at radius 2 is 2.00 bits per heavy atom. The summed E-state index contributed by atoms with van der Waals surface area (Å²) < 4.78 is 4.21. The fraction of sp³-hybridized carbons (Fsp3) is 0.300. The summed E-state index contributed by atoms with van der Waals surface area (Å²) in [5.74, 6) is 0.673. The summed E-state index contributed by atoms with van der Waals surface area (Å²) in [6.07, 6.45) is 0.823. The van der Waals surface area contributed by atoms with Crippen LogP contribution in [-0.4, -0.2) is 30.8 Å². The molecule has 0 aliphatic heterocycles. The molecule has 1 amide bonds. The number of hydrogen-bond donors (Lipinski definition) is 1. The molecule has 0 atom stereocenters. The zero-order chi connectivity index (χ0) is 20.4. The Hall–Kier alpha value is -2.65. The summed E-state index contributed by atoms with van der Waals surface area (Å²) in [4.78, 5) is 25.0. The van der Waals surface area contributed by atoms with Crippen LogP contribution in [0.3, 0.4) is 0 Å². The average molecular weight is 428 g/mol. The summed E-state index contributed by atoms with van der Waals surface area (Å²) in [6.45, 7) is 5.12. The van der Waals surface area contributed by atoms with E-state index >= 15 is 0 Å². The van der Waals surface area contributed by atoms with Crippen LogP contribution in [0.15, 0.2) is 45.7 Å². The van der Waals surface area contributed by atoms with Crippen molar-refractivity contribution in [2.75, 3.05) is 5.75 Å². The standard InChI is InChI=1S/C20H21N5O2S2/c1-3-9-24-18(27)17-15(8-10-28-17)25-19(24)22-23-20(25)29-12-16(26)21-11-14-6-4-13(2)5-7-14/h4-8,10H,3,9,11-12H2,1-2H3,(H,21,26). The van der Waals surface area contributed by atoms with E-state index in [1.165, 1.54) is 28.7 Å². The Morgan fingerprint density at radius 1 is 1.21 bits per heavy atom. The van der Waals surface area contributed by atoms with Gasteiger partial charge in [-0.15, -0.1) is 21.5 Å². The maximum atomic E-state index is 12.7. The number of aryl methyl sites for hydroxylation is 2. The number of nitrogens with one attached hydrogen (secondary N) is 1. The zero-order valence-corrected chi connectivity index (χ0v) is 17.8. The van der Waals surface area contributed by atoms with E-state index in [1.54, 1.807) is 4.57 Å². The minimum atomic E-state index is -0.0734. The lowest BCUT2D eigenvalue weighted by Crippen LogP contribution is -2.24. The summed E-state index contributed by atoms with van der Waals surface area (Å²) >= 11 is 2.73. The highest BCUT2D eigenvalue weighted by molar-refractivity contribution is 7.99. The molecule has 0 saturated heterocycles. The Kier molecular flexibility index (Phi) is 5.68. The molecule has 7 nitrogen and oxygen atoms in total. The van der Waals surface area contributed by atoms with E-state index in [4.69, 9.17) is 0 Å². The molecule has 3 heterocycles. The van der Waals surface area contributed by atoms with Crippen LogP contribution in [0.5, 0.6) is 0 Å². The Bertz CT molecular complexity index is 1220. The van der Waals surface area contributed by atoms with Gasteiger partial charge in [-0.25, -0.2) is 0 Å². The zero-order valence-electron chi connectivity index (χ0n) is 16.2. The number of amides is 1. The van der Waals surface area contributed by atoms with Crippen molar-refractivity contribution in [1.82, 2.24) is 24.5 Å². The number of nitrogens with zero attached hydrogens (tertiary/aromatic N) is 4. The van der Waals surface area contributed by atoms with Gasteiger partial charge in [0.15, 0.2) is 5.16 Å². The third kappa shape index (κ3) is 3.92. The van der Waals surface area contributed by atoms with E-state index in [0.717, 1.165) is 17.5 Å². The molecule has 29 heavy (non-hydrogen) atoms. The van der Waals surface area contributed by atoms with Gasteiger partial charge in [-0.05, 0) is 30.4 Å². The van der Waals surface area contributed by atoms with Gasteiger partial charge in [-0.3, -0.25) is 18.6 Å². The molecule has 1 N–H and O–H groups in total. The maximum absolute atomic E-state index is 12.7. The molecule has 0 radical (unpaired) electrons. The molecule has 150 valence electrons. The molecule has 0 spiro atoms. The van der Waals surface area contributed by atoms with Crippen LogP contribution in [0, 0.1) is 6.92 Å². The molecule has 0 unspecified atom stereocenters. The lowest BCUT2D eigenvalue weighted by Gasteiger charge is -2.08. The number of benzene rings is 1. The van der Waals surface area contributed by atoms with Crippen LogP contribution in [0.25, 0.3) is 16.0 Å². The maximum Gasteiger partial charge on any atom is 0.272 e. The normalized spacial score (nSPS) is 11.4. The number of hydrogen-bond acceptors (Lipinski definition) is 6.